The molecule has 2 aromatic rings. The number of hydrogen-bond donors (Lipinski definition) is 4. The van der Waals surface area contributed by atoms with Gasteiger partial charge in [0, 0.05) is 5.54 Å². The second-order valence-corrected chi connectivity index (χ2v) is 6.64. The van der Waals surface area contributed by atoms with Crippen LogP contribution in [-0.4, -0.2) is 65.3 Å². The lowest BCUT2D eigenvalue weighted by molar-refractivity contribution is -0.0511. The van der Waals surface area contributed by atoms with Crippen LogP contribution in [0.15, 0.2) is 12.7 Å². The van der Waals surface area contributed by atoms with Gasteiger partial charge in [-0.3, -0.25) is 4.57 Å². The maximum atomic E-state index is 10.2. The third-order valence-electron chi connectivity index (χ3n) is 4.49. The Hall–Kier alpha value is -1.81. The van der Waals surface area contributed by atoms with Crippen molar-refractivity contribution in [1.82, 2.24) is 19.5 Å². The molecule has 1 aliphatic rings. The lowest BCUT2D eigenvalue weighted by Gasteiger charge is -2.25. The normalized spacial score (nSPS) is 27.8. The second-order valence-electron chi connectivity index (χ2n) is 6.64. The number of imidazole rings is 1. The maximum absolute atomic E-state index is 10.2. The standard InChI is InChI=1S/C15H23N5O4/c1-4-15(2,3)19-12-9-13(17-6-16-12)20(7-18-9)14-11(23)10(22)8(5-21)24-14/h6-8,10-11,14,21-23H,4-5H2,1-3H3,(H,16,17,19)/t8-,10-,11-,14-/m1/s1. The van der Waals surface area contributed by atoms with E-state index < -0.39 is 24.5 Å². The largest absolute Gasteiger partial charge is 0.394 e. The number of rotatable bonds is 5. The summed E-state index contributed by atoms with van der Waals surface area (Å²) < 4.78 is 7.09. The van der Waals surface area contributed by atoms with Crippen molar-refractivity contribution in [1.29, 1.82) is 0 Å². The summed E-state index contributed by atoms with van der Waals surface area (Å²) in [6, 6.07) is 0. The molecule has 9 heteroatoms. The average Bonchev–Trinajstić information content (AvgIpc) is 3.10. The number of fused-ring (bicyclic) bond motifs is 1. The number of anilines is 1. The van der Waals surface area contributed by atoms with E-state index in [9.17, 15) is 15.3 Å². The first-order valence-electron chi connectivity index (χ1n) is 7.96. The van der Waals surface area contributed by atoms with Gasteiger partial charge in [-0.1, -0.05) is 6.92 Å². The van der Waals surface area contributed by atoms with Crippen LogP contribution in [0.1, 0.15) is 33.4 Å². The molecule has 24 heavy (non-hydrogen) atoms. The van der Waals surface area contributed by atoms with Crippen LogP contribution in [0, 0.1) is 0 Å². The first-order chi connectivity index (χ1) is 11.4. The van der Waals surface area contributed by atoms with Crippen molar-refractivity contribution in [3.05, 3.63) is 12.7 Å². The number of nitrogens with zero attached hydrogens (tertiary/aromatic N) is 4. The third kappa shape index (κ3) is 2.84. The molecule has 4 atom stereocenters. The Morgan fingerprint density at radius 1 is 1.25 bits per heavy atom. The molecule has 0 spiro atoms. The summed E-state index contributed by atoms with van der Waals surface area (Å²) >= 11 is 0. The monoisotopic (exact) mass is 337 g/mol. The quantitative estimate of drug-likeness (QED) is 0.602. The minimum Gasteiger partial charge on any atom is -0.394 e. The van der Waals surface area contributed by atoms with Crippen molar-refractivity contribution in [3.8, 4) is 0 Å². The van der Waals surface area contributed by atoms with Gasteiger partial charge in [0.15, 0.2) is 23.2 Å². The zero-order chi connectivity index (χ0) is 17.5. The maximum Gasteiger partial charge on any atom is 0.167 e. The molecule has 0 saturated carbocycles. The summed E-state index contributed by atoms with van der Waals surface area (Å²) in [5.41, 5.74) is 0.873. The molecule has 3 heterocycles. The minimum absolute atomic E-state index is 0.160. The summed E-state index contributed by atoms with van der Waals surface area (Å²) in [7, 11) is 0. The number of ether oxygens (including phenoxy) is 1. The zero-order valence-corrected chi connectivity index (χ0v) is 13.9. The Kier molecular flexibility index (Phi) is 4.43. The van der Waals surface area contributed by atoms with Crippen molar-refractivity contribution in [2.75, 3.05) is 11.9 Å². The summed E-state index contributed by atoms with van der Waals surface area (Å²) in [5, 5.41) is 32.7. The van der Waals surface area contributed by atoms with Crippen molar-refractivity contribution in [2.45, 2.75) is 57.3 Å². The molecule has 1 fully saturated rings. The van der Waals surface area contributed by atoms with Crippen LogP contribution in [-0.2, 0) is 4.74 Å². The molecule has 132 valence electrons. The van der Waals surface area contributed by atoms with Gasteiger partial charge in [0.2, 0.25) is 0 Å². The fourth-order valence-electron chi connectivity index (χ4n) is 2.65. The lowest BCUT2D eigenvalue weighted by Crippen LogP contribution is -2.33. The SMILES string of the molecule is CCC(C)(C)Nc1ncnc2c1ncn2[C@@H]1O[C@H](CO)[C@@H](O)[C@H]1O. The van der Waals surface area contributed by atoms with Gasteiger partial charge in [-0.15, -0.1) is 0 Å². The first-order valence-corrected chi connectivity index (χ1v) is 7.96. The fourth-order valence-corrected chi connectivity index (χ4v) is 2.65. The number of aliphatic hydroxyl groups excluding tert-OH is 3. The molecule has 1 aliphatic heterocycles. The molecule has 0 amide bonds. The van der Waals surface area contributed by atoms with E-state index in [0.717, 1.165) is 6.42 Å². The van der Waals surface area contributed by atoms with Crippen LogP contribution in [0.25, 0.3) is 11.2 Å². The Bertz CT molecular complexity index is 719. The molecule has 3 rings (SSSR count). The van der Waals surface area contributed by atoms with Crippen molar-refractivity contribution in [2.24, 2.45) is 0 Å². The van der Waals surface area contributed by atoms with E-state index in [-0.39, 0.29) is 12.1 Å². The lowest BCUT2D eigenvalue weighted by atomic mass is 10.0. The van der Waals surface area contributed by atoms with Gasteiger partial charge in [-0.05, 0) is 20.3 Å². The van der Waals surface area contributed by atoms with Gasteiger partial charge in [0.05, 0.1) is 12.9 Å². The van der Waals surface area contributed by atoms with E-state index in [1.165, 1.54) is 12.7 Å². The molecule has 0 unspecified atom stereocenters. The fraction of sp³-hybridized carbons (Fsp3) is 0.667. The van der Waals surface area contributed by atoms with Crippen LogP contribution in [0.3, 0.4) is 0 Å². The summed E-state index contributed by atoms with van der Waals surface area (Å²) in [6.07, 6.45) is -0.271. The molecule has 0 bridgehead atoms. The zero-order valence-electron chi connectivity index (χ0n) is 13.9. The predicted octanol–water partition coefficient (Wildman–Crippen LogP) is 0.0383. The van der Waals surface area contributed by atoms with Crippen LogP contribution in [0.5, 0.6) is 0 Å². The van der Waals surface area contributed by atoms with Crippen LogP contribution in [0.2, 0.25) is 0 Å². The highest BCUT2D eigenvalue weighted by Crippen LogP contribution is 2.32. The van der Waals surface area contributed by atoms with E-state index in [2.05, 4.69) is 41.0 Å². The Labute approximate surface area is 139 Å². The molecule has 0 aliphatic carbocycles. The molecular formula is C15H23N5O4. The molecule has 4 N–H and O–H groups in total. The highest BCUT2D eigenvalue weighted by molar-refractivity contribution is 5.83. The van der Waals surface area contributed by atoms with Gasteiger partial charge in [0.1, 0.15) is 24.6 Å². The first kappa shape index (κ1) is 17.0. The van der Waals surface area contributed by atoms with E-state index in [0.29, 0.717) is 17.0 Å². The van der Waals surface area contributed by atoms with E-state index in [4.69, 9.17) is 4.74 Å². The second kappa shape index (κ2) is 6.25. The van der Waals surface area contributed by atoms with Gasteiger partial charge < -0.3 is 25.4 Å². The number of aromatic nitrogens is 4. The van der Waals surface area contributed by atoms with E-state index in [1.54, 1.807) is 4.57 Å². The van der Waals surface area contributed by atoms with Gasteiger partial charge in [0.25, 0.3) is 0 Å². The molecule has 1 saturated heterocycles. The van der Waals surface area contributed by atoms with E-state index in [1.807, 2.05) is 0 Å². The summed E-state index contributed by atoms with van der Waals surface area (Å²) in [4.78, 5) is 12.8. The van der Waals surface area contributed by atoms with E-state index >= 15 is 0 Å². The summed E-state index contributed by atoms with van der Waals surface area (Å²) in [6.45, 7) is 5.81. The summed E-state index contributed by atoms with van der Waals surface area (Å²) in [5.74, 6) is 0.595. The van der Waals surface area contributed by atoms with Crippen molar-refractivity contribution < 1.29 is 20.1 Å². The van der Waals surface area contributed by atoms with Crippen LogP contribution >= 0.6 is 0 Å². The molecule has 2 aromatic heterocycles. The van der Waals surface area contributed by atoms with Gasteiger partial charge in [-0.2, -0.15) is 0 Å². The van der Waals surface area contributed by atoms with Gasteiger partial charge in [-0.25, -0.2) is 15.0 Å². The van der Waals surface area contributed by atoms with Gasteiger partial charge >= 0.3 is 0 Å². The molecule has 0 radical (unpaired) electrons. The highest BCUT2D eigenvalue weighted by atomic mass is 16.6. The van der Waals surface area contributed by atoms with Crippen molar-refractivity contribution >= 4 is 17.0 Å². The predicted molar refractivity (Wildman–Crippen MR) is 86.3 cm³/mol. The third-order valence-corrected chi connectivity index (χ3v) is 4.49. The smallest absolute Gasteiger partial charge is 0.167 e. The Morgan fingerprint density at radius 2 is 2.00 bits per heavy atom. The Morgan fingerprint density at radius 3 is 2.62 bits per heavy atom. The average molecular weight is 337 g/mol. The highest BCUT2D eigenvalue weighted by Gasteiger charge is 2.44. The van der Waals surface area contributed by atoms with Crippen LogP contribution in [0.4, 0.5) is 5.82 Å². The van der Waals surface area contributed by atoms with Crippen molar-refractivity contribution in [3.63, 3.8) is 0 Å². The number of nitrogens with one attached hydrogen (secondary N) is 1. The molecule has 9 nitrogen and oxygen atoms in total. The Balaban J connectivity index is 1.97. The number of hydrogen-bond acceptors (Lipinski definition) is 8. The topological polar surface area (TPSA) is 126 Å². The molecule has 0 aromatic carbocycles. The van der Waals surface area contributed by atoms with Crippen LogP contribution < -0.4 is 5.32 Å². The minimum atomic E-state index is -1.18. The molecular weight excluding hydrogens is 314 g/mol. The number of aliphatic hydroxyl groups is 3.